The van der Waals surface area contributed by atoms with Crippen LogP contribution in [0.1, 0.15) is 20.8 Å². The molecule has 1 unspecified atom stereocenters. The number of halogens is 1. The van der Waals surface area contributed by atoms with E-state index in [0.29, 0.717) is 11.7 Å². The number of nitrogens with zero attached hydrogens (tertiary/aromatic N) is 1. The van der Waals surface area contributed by atoms with Crippen LogP contribution in [0.3, 0.4) is 0 Å². The zero-order chi connectivity index (χ0) is 12.0. The Balaban J connectivity index is 2.48. The molecule has 2 nitrogen and oxygen atoms in total. The number of rotatable bonds is 6. The van der Waals surface area contributed by atoms with E-state index in [0.717, 1.165) is 19.6 Å². The first kappa shape index (κ1) is 13.0. The molecule has 0 spiro atoms. The molecule has 0 fully saturated rings. The highest BCUT2D eigenvalue weighted by atomic mass is 19.1. The molecule has 0 heterocycles. The van der Waals surface area contributed by atoms with Gasteiger partial charge in [-0.2, -0.15) is 0 Å². The van der Waals surface area contributed by atoms with E-state index >= 15 is 0 Å². The summed E-state index contributed by atoms with van der Waals surface area (Å²) in [6.45, 7) is 9.17. The van der Waals surface area contributed by atoms with Gasteiger partial charge in [0.05, 0.1) is 5.69 Å². The molecule has 1 rings (SSSR count). The number of nitrogens with one attached hydrogen (secondary N) is 1. The van der Waals surface area contributed by atoms with Crippen LogP contribution in [-0.4, -0.2) is 30.6 Å². The summed E-state index contributed by atoms with van der Waals surface area (Å²) >= 11 is 0. The van der Waals surface area contributed by atoms with Crippen molar-refractivity contribution in [2.45, 2.75) is 26.8 Å². The second kappa shape index (κ2) is 6.48. The van der Waals surface area contributed by atoms with Gasteiger partial charge in [-0.3, -0.25) is 4.90 Å². The van der Waals surface area contributed by atoms with Crippen LogP contribution in [0.15, 0.2) is 18.2 Å². The summed E-state index contributed by atoms with van der Waals surface area (Å²) in [6, 6.07) is 8.06. The fourth-order valence-corrected chi connectivity index (χ4v) is 1.78. The Morgan fingerprint density at radius 1 is 1.44 bits per heavy atom. The van der Waals surface area contributed by atoms with Crippen LogP contribution in [0.2, 0.25) is 0 Å². The van der Waals surface area contributed by atoms with Gasteiger partial charge in [-0.05, 0) is 26.1 Å². The minimum atomic E-state index is -0.241. The number of anilines is 1. The molecule has 0 saturated heterocycles. The number of benzene rings is 1. The molecular formula is C13H20FN2. The molecule has 89 valence electrons. The van der Waals surface area contributed by atoms with E-state index in [1.54, 1.807) is 12.1 Å². The maximum atomic E-state index is 13.3. The summed E-state index contributed by atoms with van der Waals surface area (Å²) in [6.07, 6.45) is 0. The molecule has 0 aromatic heterocycles. The number of hydrogen-bond acceptors (Lipinski definition) is 2. The van der Waals surface area contributed by atoms with Gasteiger partial charge in [-0.25, -0.2) is 4.39 Å². The maximum Gasteiger partial charge on any atom is 0.146 e. The lowest BCUT2D eigenvalue weighted by atomic mass is 10.2. The van der Waals surface area contributed by atoms with Crippen molar-refractivity contribution in [3.05, 3.63) is 30.1 Å². The van der Waals surface area contributed by atoms with E-state index in [9.17, 15) is 4.39 Å². The third-order valence-electron chi connectivity index (χ3n) is 2.82. The van der Waals surface area contributed by atoms with Crippen molar-refractivity contribution in [3.63, 3.8) is 0 Å². The number of likely N-dealkylation sites (N-methyl/N-ethyl adjacent to an activating group) is 1. The topological polar surface area (TPSA) is 15.3 Å². The van der Waals surface area contributed by atoms with Crippen molar-refractivity contribution in [2.75, 3.05) is 25.0 Å². The van der Waals surface area contributed by atoms with Crippen LogP contribution in [-0.2, 0) is 0 Å². The Bertz CT molecular complexity index is 311. The van der Waals surface area contributed by atoms with E-state index in [1.807, 2.05) is 0 Å². The van der Waals surface area contributed by atoms with Gasteiger partial charge in [0, 0.05) is 18.7 Å². The first-order chi connectivity index (χ1) is 7.69. The molecule has 0 aliphatic heterocycles. The Kier molecular flexibility index (Phi) is 5.26. The highest BCUT2D eigenvalue weighted by Crippen LogP contribution is 2.12. The molecule has 1 N–H and O–H groups in total. The van der Waals surface area contributed by atoms with E-state index in [-0.39, 0.29) is 5.82 Å². The second-order valence-corrected chi connectivity index (χ2v) is 3.84. The second-order valence-electron chi connectivity index (χ2n) is 3.84. The predicted octanol–water partition coefficient (Wildman–Crippen LogP) is 2.77. The Hall–Kier alpha value is -1.09. The largest absolute Gasteiger partial charge is 0.381 e. The van der Waals surface area contributed by atoms with Crippen molar-refractivity contribution >= 4 is 5.69 Å². The van der Waals surface area contributed by atoms with Crippen molar-refractivity contribution < 1.29 is 4.39 Å². The molecule has 1 atom stereocenters. The van der Waals surface area contributed by atoms with Crippen molar-refractivity contribution in [1.29, 1.82) is 0 Å². The van der Waals surface area contributed by atoms with Gasteiger partial charge in [0.1, 0.15) is 5.82 Å². The van der Waals surface area contributed by atoms with Gasteiger partial charge >= 0.3 is 0 Å². The first-order valence-corrected chi connectivity index (χ1v) is 5.83. The molecule has 0 amide bonds. The quantitative estimate of drug-likeness (QED) is 0.797. The minimum absolute atomic E-state index is 0.241. The Morgan fingerprint density at radius 2 is 2.12 bits per heavy atom. The third-order valence-corrected chi connectivity index (χ3v) is 2.82. The molecule has 1 aromatic rings. The molecule has 0 aliphatic rings. The zero-order valence-corrected chi connectivity index (χ0v) is 10.3. The van der Waals surface area contributed by atoms with E-state index in [1.165, 1.54) is 6.07 Å². The number of para-hydroxylation sites is 1. The summed E-state index contributed by atoms with van der Waals surface area (Å²) in [5, 5.41) is 3.09. The molecular weight excluding hydrogens is 203 g/mol. The van der Waals surface area contributed by atoms with E-state index in [2.05, 4.69) is 37.1 Å². The summed E-state index contributed by atoms with van der Waals surface area (Å²) in [5.74, 6) is -0.241. The first-order valence-electron chi connectivity index (χ1n) is 5.83. The molecule has 0 saturated carbocycles. The van der Waals surface area contributed by atoms with Crippen LogP contribution in [0.5, 0.6) is 0 Å². The summed E-state index contributed by atoms with van der Waals surface area (Å²) in [7, 11) is 0. The third kappa shape index (κ3) is 3.49. The van der Waals surface area contributed by atoms with Gasteiger partial charge in [0.2, 0.25) is 0 Å². The Morgan fingerprint density at radius 3 is 2.69 bits per heavy atom. The fourth-order valence-electron chi connectivity index (χ4n) is 1.78. The summed E-state index contributed by atoms with van der Waals surface area (Å²) in [4.78, 5) is 2.33. The average molecular weight is 223 g/mol. The lowest BCUT2D eigenvalue weighted by Gasteiger charge is -2.26. The maximum absolute atomic E-state index is 13.3. The lowest BCUT2D eigenvalue weighted by Crippen LogP contribution is -2.37. The molecule has 0 aliphatic carbocycles. The van der Waals surface area contributed by atoms with Crippen LogP contribution in [0.4, 0.5) is 10.1 Å². The van der Waals surface area contributed by atoms with Gasteiger partial charge in [0.15, 0.2) is 0 Å². The minimum Gasteiger partial charge on any atom is -0.381 e. The van der Waals surface area contributed by atoms with Crippen molar-refractivity contribution in [3.8, 4) is 0 Å². The highest BCUT2D eigenvalue weighted by Gasteiger charge is 2.10. The SMILES string of the molecule is CCN(CC)C(C)CNc1[c]cccc1F. The number of hydrogen-bond donors (Lipinski definition) is 1. The van der Waals surface area contributed by atoms with E-state index < -0.39 is 0 Å². The Labute approximate surface area is 97.5 Å². The van der Waals surface area contributed by atoms with Crippen LogP contribution >= 0.6 is 0 Å². The molecule has 0 bridgehead atoms. The van der Waals surface area contributed by atoms with Gasteiger partial charge in [-0.1, -0.05) is 26.0 Å². The molecule has 1 radical (unpaired) electrons. The van der Waals surface area contributed by atoms with Crippen molar-refractivity contribution in [2.24, 2.45) is 0 Å². The zero-order valence-electron chi connectivity index (χ0n) is 10.3. The van der Waals surface area contributed by atoms with Crippen molar-refractivity contribution in [1.82, 2.24) is 4.90 Å². The summed E-state index contributed by atoms with van der Waals surface area (Å²) in [5.41, 5.74) is 0.460. The van der Waals surface area contributed by atoms with E-state index in [4.69, 9.17) is 0 Å². The standard InChI is InChI=1S/C13H20FN2/c1-4-16(5-2)11(3)10-15-13-9-7-6-8-12(13)14/h6-8,11,15H,4-5,10H2,1-3H3. The summed E-state index contributed by atoms with van der Waals surface area (Å²) < 4.78 is 13.3. The predicted molar refractivity (Wildman–Crippen MR) is 66.1 cm³/mol. The van der Waals surface area contributed by atoms with Crippen LogP contribution in [0.25, 0.3) is 0 Å². The molecule has 16 heavy (non-hydrogen) atoms. The fraction of sp³-hybridized carbons (Fsp3) is 0.538. The lowest BCUT2D eigenvalue weighted by molar-refractivity contribution is 0.240. The molecule has 3 heteroatoms. The van der Waals surface area contributed by atoms with Gasteiger partial charge in [0.25, 0.3) is 0 Å². The van der Waals surface area contributed by atoms with Crippen LogP contribution < -0.4 is 5.32 Å². The van der Waals surface area contributed by atoms with Gasteiger partial charge in [-0.15, -0.1) is 0 Å². The highest BCUT2D eigenvalue weighted by molar-refractivity contribution is 5.43. The van der Waals surface area contributed by atoms with Gasteiger partial charge < -0.3 is 5.32 Å². The normalized spacial score (nSPS) is 12.8. The van der Waals surface area contributed by atoms with Crippen LogP contribution in [0, 0.1) is 11.9 Å². The average Bonchev–Trinajstić information content (AvgIpc) is 2.29. The molecule has 1 aromatic carbocycles. The monoisotopic (exact) mass is 223 g/mol. The smallest absolute Gasteiger partial charge is 0.146 e.